The molecule has 3 N–H and O–H groups in total. The molecule has 0 saturated heterocycles. The number of benzene rings is 1. The lowest BCUT2D eigenvalue weighted by Gasteiger charge is -2.30. The first-order valence-corrected chi connectivity index (χ1v) is 8.40. The Kier molecular flexibility index (Phi) is 5.07. The quantitative estimate of drug-likeness (QED) is 0.778. The van der Waals surface area contributed by atoms with Crippen LogP contribution in [0.5, 0.6) is 0 Å². The minimum atomic E-state index is -0.350. The highest BCUT2D eigenvalue weighted by Gasteiger charge is 2.23. The number of aromatic nitrogens is 2. The van der Waals surface area contributed by atoms with Crippen molar-refractivity contribution in [3.8, 4) is 0 Å². The fourth-order valence-electron chi connectivity index (χ4n) is 2.63. The lowest BCUT2D eigenvalue weighted by molar-refractivity contribution is 0.475. The number of nitrogens with zero attached hydrogens (tertiary/aromatic N) is 1. The van der Waals surface area contributed by atoms with Crippen LogP contribution in [-0.4, -0.2) is 17.0 Å². The molecule has 0 saturated carbocycles. The topological polar surface area (TPSA) is 69.8 Å². The van der Waals surface area contributed by atoms with E-state index >= 15 is 0 Å². The van der Waals surface area contributed by atoms with Crippen LogP contribution in [0.2, 0.25) is 0 Å². The van der Waals surface area contributed by atoms with E-state index in [9.17, 15) is 4.79 Å². The Morgan fingerprint density at radius 3 is 2.16 bits per heavy atom. The van der Waals surface area contributed by atoms with Gasteiger partial charge in [-0.05, 0) is 30.4 Å². The van der Waals surface area contributed by atoms with E-state index in [1.807, 2.05) is 0 Å². The van der Waals surface area contributed by atoms with Crippen molar-refractivity contribution in [3.63, 3.8) is 0 Å². The summed E-state index contributed by atoms with van der Waals surface area (Å²) >= 11 is 0. The summed E-state index contributed by atoms with van der Waals surface area (Å²) in [5.41, 5.74) is 3.11. The van der Waals surface area contributed by atoms with Gasteiger partial charge in [0, 0.05) is 13.1 Å². The van der Waals surface area contributed by atoms with Crippen LogP contribution in [0.25, 0.3) is 5.70 Å². The number of rotatable bonds is 5. The van der Waals surface area contributed by atoms with Crippen LogP contribution in [-0.2, 0) is 11.0 Å². The second-order valence-electron chi connectivity index (χ2n) is 7.79. The SMILES string of the molecule is C=C(NC(C)(C)c1ccc(C(C)(C)C)cc1)c1cc(=O)[nH]c(NC)n1. The Bertz CT molecular complexity index is 811. The van der Waals surface area contributed by atoms with Crippen molar-refractivity contribution >= 4 is 11.6 Å². The number of hydrogen-bond donors (Lipinski definition) is 3. The molecule has 2 aromatic rings. The van der Waals surface area contributed by atoms with Gasteiger partial charge in [-0.2, -0.15) is 0 Å². The molecular formula is C20H28N4O. The van der Waals surface area contributed by atoms with E-state index in [1.165, 1.54) is 11.6 Å². The Morgan fingerprint density at radius 2 is 1.64 bits per heavy atom. The average Bonchev–Trinajstić information content (AvgIpc) is 2.53. The van der Waals surface area contributed by atoms with E-state index in [1.54, 1.807) is 7.05 Å². The highest BCUT2D eigenvalue weighted by atomic mass is 16.1. The first-order valence-electron chi connectivity index (χ1n) is 8.40. The lowest BCUT2D eigenvalue weighted by Crippen LogP contribution is -2.35. The third-order valence-electron chi connectivity index (χ3n) is 4.22. The van der Waals surface area contributed by atoms with Crippen molar-refractivity contribution in [1.29, 1.82) is 0 Å². The van der Waals surface area contributed by atoms with Crippen molar-refractivity contribution in [1.82, 2.24) is 15.3 Å². The Labute approximate surface area is 149 Å². The first-order chi connectivity index (χ1) is 11.5. The van der Waals surface area contributed by atoms with Crippen LogP contribution < -0.4 is 16.2 Å². The smallest absolute Gasteiger partial charge is 0.252 e. The van der Waals surface area contributed by atoms with Crippen molar-refractivity contribution < 1.29 is 0 Å². The largest absolute Gasteiger partial charge is 0.375 e. The number of hydrogen-bond acceptors (Lipinski definition) is 4. The van der Waals surface area contributed by atoms with Gasteiger partial charge < -0.3 is 10.6 Å². The molecular weight excluding hydrogens is 312 g/mol. The predicted octanol–water partition coefficient (Wildman–Crippen LogP) is 3.60. The minimum Gasteiger partial charge on any atom is -0.375 e. The molecule has 0 bridgehead atoms. The molecule has 5 nitrogen and oxygen atoms in total. The van der Waals surface area contributed by atoms with Gasteiger partial charge in [-0.1, -0.05) is 51.6 Å². The van der Waals surface area contributed by atoms with E-state index in [-0.39, 0.29) is 16.5 Å². The summed E-state index contributed by atoms with van der Waals surface area (Å²) in [5, 5.41) is 6.23. The molecule has 2 rings (SSSR count). The number of anilines is 1. The van der Waals surface area contributed by atoms with E-state index in [2.05, 4.69) is 86.1 Å². The van der Waals surface area contributed by atoms with E-state index in [0.717, 1.165) is 5.56 Å². The van der Waals surface area contributed by atoms with E-state index < -0.39 is 0 Å². The van der Waals surface area contributed by atoms with Crippen LogP contribution >= 0.6 is 0 Å². The van der Waals surface area contributed by atoms with Gasteiger partial charge in [0.1, 0.15) is 0 Å². The normalized spacial score (nSPS) is 11.9. The number of aromatic amines is 1. The van der Waals surface area contributed by atoms with E-state index in [0.29, 0.717) is 17.3 Å². The molecule has 1 heterocycles. The van der Waals surface area contributed by atoms with Gasteiger partial charge in [-0.15, -0.1) is 0 Å². The van der Waals surface area contributed by atoms with E-state index in [4.69, 9.17) is 0 Å². The highest BCUT2D eigenvalue weighted by molar-refractivity contribution is 5.60. The first kappa shape index (κ1) is 18.8. The van der Waals surface area contributed by atoms with Gasteiger partial charge in [0.25, 0.3) is 5.56 Å². The molecule has 0 unspecified atom stereocenters. The summed E-state index contributed by atoms with van der Waals surface area (Å²) in [4.78, 5) is 18.7. The van der Waals surface area contributed by atoms with Crippen LogP contribution in [0, 0.1) is 0 Å². The number of H-pyrrole nitrogens is 1. The van der Waals surface area contributed by atoms with Gasteiger partial charge in [-0.3, -0.25) is 9.78 Å². The van der Waals surface area contributed by atoms with Crippen molar-refractivity contribution in [2.45, 2.75) is 45.6 Å². The molecule has 1 aromatic heterocycles. The Balaban J connectivity index is 2.24. The lowest BCUT2D eigenvalue weighted by atomic mass is 9.84. The molecule has 0 radical (unpaired) electrons. The van der Waals surface area contributed by atoms with Gasteiger partial charge in [-0.25, -0.2) is 4.98 Å². The van der Waals surface area contributed by atoms with Crippen molar-refractivity contribution in [3.05, 3.63) is 64.1 Å². The fourth-order valence-corrected chi connectivity index (χ4v) is 2.63. The fraction of sp³-hybridized carbons (Fsp3) is 0.400. The molecule has 0 amide bonds. The second-order valence-corrected chi connectivity index (χ2v) is 7.79. The van der Waals surface area contributed by atoms with Gasteiger partial charge in [0.05, 0.1) is 16.9 Å². The molecule has 0 aliphatic heterocycles. The molecule has 0 atom stereocenters. The third kappa shape index (κ3) is 4.50. The summed E-state index contributed by atoms with van der Waals surface area (Å²) in [6, 6.07) is 10.0. The molecule has 134 valence electrons. The average molecular weight is 340 g/mol. The molecule has 0 fully saturated rings. The zero-order valence-electron chi connectivity index (χ0n) is 15.9. The Morgan fingerprint density at radius 1 is 1.08 bits per heavy atom. The van der Waals surface area contributed by atoms with Crippen molar-refractivity contribution in [2.24, 2.45) is 0 Å². The predicted molar refractivity (Wildman–Crippen MR) is 105 cm³/mol. The zero-order valence-corrected chi connectivity index (χ0v) is 15.9. The monoisotopic (exact) mass is 340 g/mol. The summed E-state index contributed by atoms with van der Waals surface area (Å²) in [6.07, 6.45) is 0. The summed E-state index contributed by atoms with van der Waals surface area (Å²) in [5.74, 6) is 0.415. The molecule has 0 aliphatic rings. The minimum absolute atomic E-state index is 0.123. The summed E-state index contributed by atoms with van der Waals surface area (Å²) < 4.78 is 0. The van der Waals surface area contributed by atoms with Crippen LogP contribution in [0.15, 0.2) is 41.7 Å². The highest BCUT2D eigenvalue weighted by Crippen LogP contribution is 2.27. The Hall–Kier alpha value is -2.56. The van der Waals surface area contributed by atoms with Crippen LogP contribution in [0.1, 0.15) is 51.4 Å². The molecule has 25 heavy (non-hydrogen) atoms. The van der Waals surface area contributed by atoms with Gasteiger partial charge >= 0.3 is 0 Å². The standard InChI is InChI=1S/C20H28N4O/c1-13(16-12-17(25)23-18(21-7)22-16)24-20(5,6)15-10-8-14(9-11-15)19(2,3)4/h8-12,24H,1H2,2-7H3,(H2,21,22,23,25). The van der Waals surface area contributed by atoms with Crippen molar-refractivity contribution in [2.75, 3.05) is 12.4 Å². The number of nitrogens with one attached hydrogen (secondary N) is 3. The maximum atomic E-state index is 11.7. The molecule has 0 aliphatic carbocycles. The zero-order chi connectivity index (χ0) is 18.8. The maximum Gasteiger partial charge on any atom is 0.252 e. The van der Waals surface area contributed by atoms with Gasteiger partial charge in [0.15, 0.2) is 0 Å². The van der Waals surface area contributed by atoms with Crippen LogP contribution in [0.3, 0.4) is 0 Å². The second kappa shape index (κ2) is 6.75. The summed E-state index contributed by atoms with van der Waals surface area (Å²) in [6.45, 7) is 14.8. The molecule has 0 spiro atoms. The molecule has 5 heteroatoms. The maximum absolute atomic E-state index is 11.7. The summed E-state index contributed by atoms with van der Waals surface area (Å²) in [7, 11) is 1.71. The van der Waals surface area contributed by atoms with Crippen LogP contribution in [0.4, 0.5) is 5.95 Å². The third-order valence-corrected chi connectivity index (χ3v) is 4.22. The molecule has 1 aromatic carbocycles. The van der Waals surface area contributed by atoms with Gasteiger partial charge in [0.2, 0.25) is 5.95 Å².